The number of nitrogens with one attached hydrogen (secondary N) is 1. The van der Waals surface area contributed by atoms with E-state index in [4.69, 9.17) is 9.15 Å². The van der Waals surface area contributed by atoms with Gasteiger partial charge in [-0.15, -0.1) is 10.2 Å². The highest BCUT2D eigenvalue weighted by molar-refractivity contribution is 5.94. The molecule has 26 heavy (non-hydrogen) atoms. The lowest BCUT2D eigenvalue weighted by atomic mass is 10.1. The third kappa shape index (κ3) is 3.36. The van der Waals surface area contributed by atoms with Gasteiger partial charge in [-0.2, -0.15) is 0 Å². The smallest absolute Gasteiger partial charge is 0.253 e. The fraction of sp³-hybridized carbons (Fsp3) is 0.250. The molecule has 0 spiro atoms. The summed E-state index contributed by atoms with van der Waals surface area (Å²) in [7, 11) is 0. The molecule has 6 nitrogen and oxygen atoms in total. The molecule has 1 N–H and O–H groups in total. The minimum atomic E-state index is -0.366. The van der Waals surface area contributed by atoms with E-state index >= 15 is 0 Å². The highest BCUT2D eigenvalue weighted by Crippen LogP contribution is 2.27. The molecule has 1 amide bonds. The van der Waals surface area contributed by atoms with Crippen molar-refractivity contribution >= 4 is 11.6 Å². The summed E-state index contributed by atoms with van der Waals surface area (Å²) in [5.74, 6) is 0.772. The maximum absolute atomic E-state index is 12.2. The quantitative estimate of drug-likeness (QED) is 0.774. The number of rotatable bonds is 4. The molecule has 6 heteroatoms. The Kier molecular flexibility index (Phi) is 4.50. The zero-order valence-corrected chi connectivity index (χ0v) is 14.4. The number of hydrogen-bond donors (Lipinski definition) is 1. The molecule has 2 heterocycles. The third-order valence-corrected chi connectivity index (χ3v) is 4.40. The number of amides is 1. The minimum absolute atomic E-state index is 0.120. The van der Waals surface area contributed by atoms with Gasteiger partial charge < -0.3 is 14.5 Å². The predicted molar refractivity (Wildman–Crippen MR) is 97.5 cm³/mol. The van der Waals surface area contributed by atoms with E-state index in [1.807, 2.05) is 55.5 Å². The largest absolute Gasteiger partial charge is 0.416 e. The molecule has 2 aromatic carbocycles. The average molecular weight is 349 g/mol. The molecule has 0 aliphatic carbocycles. The Morgan fingerprint density at radius 1 is 1.12 bits per heavy atom. The van der Waals surface area contributed by atoms with Crippen molar-refractivity contribution in [1.82, 2.24) is 10.2 Å². The first-order valence-corrected chi connectivity index (χ1v) is 8.63. The topological polar surface area (TPSA) is 77.2 Å². The van der Waals surface area contributed by atoms with Crippen molar-refractivity contribution in [2.24, 2.45) is 0 Å². The van der Waals surface area contributed by atoms with Crippen LogP contribution in [0.2, 0.25) is 0 Å². The van der Waals surface area contributed by atoms with Crippen molar-refractivity contribution in [1.29, 1.82) is 0 Å². The Bertz CT molecular complexity index is 929. The molecule has 1 saturated heterocycles. The van der Waals surface area contributed by atoms with Crippen LogP contribution in [-0.4, -0.2) is 28.8 Å². The molecule has 132 valence electrons. The molecule has 0 radical (unpaired) electrons. The Hall–Kier alpha value is -2.99. The maximum atomic E-state index is 12.2. The SMILES string of the molecule is Cc1ccccc1-c1nnc(-c2cccc(NC(=O)C3CCCO3)c2)o1. The lowest BCUT2D eigenvalue weighted by molar-refractivity contribution is -0.124. The first-order chi connectivity index (χ1) is 12.7. The Balaban J connectivity index is 1.55. The fourth-order valence-corrected chi connectivity index (χ4v) is 3.00. The molecule has 1 fully saturated rings. The van der Waals surface area contributed by atoms with Crippen molar-refractivity contribution in [2.75, 3.05) is 11.9 Å². The van der Waals surface area contributed by atoms with Crippen molar-refractivity contribution in [3.8, 4) is 22.9 Å². The second-order valence-corrected chi connectivity index (χ2v) is 6.30. The van der Waals surface area contributed by atoms with Crippen LogP contribution in [0.25, 0.3) is 22.9 Å². The van der Waals surface area contributed by atoms with Crippen LogP contribution in [-0.2, 0) is 9.53 Å². The molecule has 4 rings (SSSR count). The highest BCUT2D eigenvalue weighted by Gasteiger charge is 2.23. The summed E-state index contributed by atoms with van der Waals surface area (Å²) in [5.41, 5.74) is 3.41. The number of carbonyl (C=O) groups is 1. The van der Waals surface area contributed by atoms with Gasteiger partial charge >= 0.3 is 0 Å². The molecule has 0 saturated carbocycles. The van der Waals surface area contributed by atoms with Gasteiger partial charge in [0.2, 0.25) is 11.8 Å². The molecular weight excluding hydrogens is 330 g/mol. The van der Waals surface area contributed by atoms with Crippen LogP contribution in [0.5, 0.6) is 0 Å². The van der Waals surface area contributed by atoms with Crippen LogP contribution >= 0.6 is 0 Å². The minimum Gasteiger partial charge on any atom is -0.416 e. The number of anilines is 1. The number of nitrogens with zero attached hydrogens (tertiary/aromatic N) is 2. The number of aryl methyl sites for hydroxylation is 1. The normalized spacial score (nSPS) is 16.6. The van der Waals surface area contributed by atoms with Crippen LogP contribution in [0.1, 0.15) is 18.4 Å². The molecule has 0 bridgehead atoms. The van der Waals surface area contributed by atoms with Crippen molar-refractivity contribution in [2.45, 2.75) is 25.9 Å². The average Bonchev–Trinajstić information content (AvgIpc) is 3.35. The van der Waals surface area contributed by atoms with Crippen LogP contribution in [0.15, 0.2) is 52.9 Å². The van der Waals surface area contributed by atoms with Crippen LogP contribution < -0.4 is 5.32 Å². The molecule has 1 aliphatic heterocycles. The zero-order chi connectivity index (χ0) is 17.9. The van der Waals surface area contributed by atoms with E-state index in [9.17, 15) is 4.79 Å². The lowest BCUT2D eigenvalue weighted by Crippen LogP contribution is -2.26. The second-order valence-electron chi connectivity index (χ2n) is 6.30. The Morgan fingerprint density at radius 3 is 2.77 bits per heavy atom. The van der Waals surface area contributed by atoms with Crippen LogP contribution in [0.4, 0.5) is 5.69 Å². The number of carbonyl (C=O) groups excluding carboxylic acids is 1. The van der Waals surface area contributed by atoms with Gasteiger partial charge in [0.1, 0.15) is 6.10 Å². The highest BCUT2D eigenvalue weighted by atomic mass is 16.5. The van der Waals surface area contributed by atoms with Gasteiger partial charge in [-0.3, -0.25) is 4.79 Å². The summed E-state index contributed by atoms with van der Waals surface area (Å²) < 4.78 is 11.2. The van der Waals surface area contributed by atoms with E-state index in [1.54, 1.807) is 0 Å². The van der Waals surface area contributed by atoms with Gasteiger partial charge in [0.15, 0.2) is 0 Å². The van der Waals surface area contributed by atoms with Gasteiger partial charge in [-0.1, -0.05) is 24.3 Å². The molecule has 1 unspecified atom stereocenters. The molecule has 1 aliphatic rings. The number of ether oxygens (including phenoxy) is 1. The van der Waals surface area contributed by atoms with Crippen molar-refractivity contribution in [3.05, 3.63) is 54.1 Å². The summed E-state index contributed by atoms with van der Waals surface area (Å²) in [5, 5.41) is 11.2. The van der Waals surface area contributed by atoms with Gasteiger partial charge in [0.25, 0.3) is 5.91 Å². The first-order valence-electron chi connectivity index (χ1n) is 8.63. The maximum Gasteiger partial charge on any atom is 0.253 e. The second kappa shape index (κ2) is 7.09. The molecule has 3 aromatic rings. The number of aromatic nitrogens is 2. The zero-order valence-electron chi connectivity index (χ0n) is 14.4. The predicted octanol–water partition coefficient (Wildman–Crippen LogP) is 3.83. The summed E-state index contributed by atoms with van der Waals surface area (Å²) >= 11 is 0. The van der Waals surface area contributed by atoms with Gasteiger partial charge in [0.05, 0.1) is 0 Å². The van der Waals surface area contributed by atoms with Gasteiger partial charge in [-0.25, -0.2) is 0 Å². The van der Waals surface area contributed by atoms with E-state index in [-0.39, 0.29) is 12.0 Å². The van der Waals surface area contributed by atoms with Gasteiger partial charge in [0, 0.05) is 23.4 Å². The number of hydrogen-bond acceptors (Lipinski definition) is 5. The standard InChI is InChI=1S/C20H19N3O3/c1-13-6-2-3-9-16(13)20-23-22-19(26-20)14-7-4-8-15(12-14)21-18(24)17-10-5-11-25-17/h2-4,6-9,12,17H,5,10-11H2,1H3,(H,21,24). The first kappa shape index (κ1) is 16.5. The monoisotopic (exact) mass is 349 g/mol. The Labute approximate surface area is 151 Å². The van der Waals surface area contributed by atoms with Crippen LogP contribution in [0, 0.1) is 6.92 Å². The van der Waals surface area contributed by atoms with E-state index < -0.39 is 0 Å². The van der Waals surface area contributed by atoms with E-state index in [2.05, 4.69) is 15.5 Å². The third-order valence-electron chi connectivity index (χ3n) is 4.40. The molecule has 1 aromatic heterocycles. The molecular formula is C20H19N3O3. The van der Waals surface area contributed by atoms with Crippen molar-refractivity contribution in [3.63, 3.8) is 0 Å². The van der Waals surface area contributed by atoms with Crippen LogP contribution in [0.3, 0.4) is 0 Å². The lowest BCUT2D eigenvalue weighted by Gasteiger charge is -2.10. The van der Waals surface area contributed by atoms with Crippen molar-refractivity contribution < 1.29 is 13.9 Å². The summed E-state index contributed by atoms with van der Waals surface area (Å²) in [6, 6.07) is 15.2. The summed E-state index contributed by atoms with van der Waals surface area (Å²) in [6.45, 7) is 2.64. The number of benzene rings is 2. The van der Waals surface area contributed by atoms with E-state index in [1.165, 1.54) is 0 Å². The van der Waals surface area contributed by atoms with E-state index in [0.29, 0.717) is 24.1 Å². The summed E-state index contributed by atoms with van der Waals surface area (Å²) in [6.07, 6.45) is 1.31. The Morgan fingerprint density at radius 2 is 1.96 bits per heavy atom. The summed E-state index contributed by atoms with van der Waals surface area (Å²) in [4.78, 5) is 12.2. The van der Waals surface area contributed by atoms with Gasteiger partial charge in [-0.05, 0) is 49.6 Å². The fourth-order valence-electron chi connectivity index (χ4n) is 3.00. The molecule has 1 atom stereocenters. The van der Waals surface area contributed by atoms with E-state index in [0.717, 1.165) is 29.5 Å².